The maximum absolute atomic E-state index is 11.8. The first-order valence-corrected chi connectivity index (χ1v) is 6.54. The molecule has 1 amide bonds. The first-order valence-electron chi connectivity index (χ1n) is 6.16. The Kier molecular flexibility index (Phi) is 4.49. The third-order valence-corrected chi connectivity index (χ3v) is 3.37. The third-order valence-electron chi connectivity index (χ3n) is 3.18. The van der Waals surface area contributed by atoms with Crippen molar-refractivity contribution in [2.75, 3.05) is 19.6 Å². The van der Waals surface area contributed by atoms with Gasteiger partial charge in [-0.3, -0.25) is 9.69 Å². The van der Waals surface area contributed by atoms with Gasteiger partial charge in [-0.2, -0.15) is 0 Å². The summed E-state index contributed by atoms with van der Waals surface area (Å²) >= 11 is 5.62. The fourth-order valence-electron chi connectivity index (χ4n) is 2.07. The Morgan fingerprint density at radius 1 is 1.44 bits per heavy atom. The number of likely N-dealkylation sites (tertiary alicyclic amines) is 1. The molecule has 18 heavy (non-hydrogen) atoms. The van der Waals surface area contributed by atoms with Gasteiger partial charge in [0.05, 0.1) is 12.4 Å². The van der Waals surface area contributed by atoms with Crippen LogP contribution < -0.4 is 5.32 Å². The van der Waals surface area contributed by atoms with Crippen LogP contribution in [-0.2, 0) is 0 Å². The molecule has 6 heteroatoms. The second-order valence-corrected chi connectivity index (χ2v) is 4.91. The number of hydrogen-bond donors (Lipinski definition) is 1. The zero-order chi connectivity index (χ0) is 13.0. The minimum atomic E-state index is -0.204. The molecular weight excluding hydrogens is 252 g/mol. The van der Waals surface area contributed by atoms with Gasteiger partial charge in [0.1, 0.15) is 10.8 Å². The average Bonchev–Trinajstić information content (AvgIpc) is 2.90. The van der Waals surface area contributed by atoms with Gasteiger partial charge in [0.25, 0.3) is 5.91 Å². The van der Waals surface area contributed by atoms with E-state index >= 15 is 0 Å². The van der Waals surface area contributed by atoms with Crippen LogP contribution in [0, 0.1) is 0 Å². The highest BCUT2D eigenvalue weighted by atomic mass is 35.5. The minimum absolute atomic E-state index is 0.204. The highest BCUT2D eigenvalue weighted by molar-refractivity contribution is 6.29. The molecule has 0 radical (unpaired) electrons. The van der Waals surface area contributed by atoms with Crippen molar-refractivity contribution in [3.8, 4) is 0 Å². The van der Waals surface area contributed by atoms with Crippen LogP contribution >= 0.6 is 11.6 Å². The Morgan fingerprint density at radius 3 is 2.78 bits per heavy atom. The molecule has 1 N–H and O–H groups in total. The van der Waals surface area contributed by atoms with Gasteiger partial charge >= 0.3 is 0 Å². The van der Waals surface area contributed by atoms with Crippen molar-refractivity contribution in [3.05, 3.63) is 23.2 Å². The molecule has 2 heterocycles. The quantitative estimate of drug-likeness (QED) is 0.895. The van der Waals surface area contributed by atoms with Gasteiger partial charge in [0.2, 0.25) is 0 Å². The van der Waals surface area contributed by atoms with Gasteiger partial charge in [0.15, 0.2) is 0 Å². The van der Waals surface area contributed by atoms with Crippen molar-refractivity contribution >= 4 is 17.5 Å². The Hall–Kier alpha value is -1.20. The normalized spacial score (nSPS) is 17.7. The summed E-state index contributed by atoms with van der Waals surface area (Å²) in [6.07, 6.45) is 5.26. The average molecular weight is 269 g/mol. The largest absolute Gasteiger partial charge is 0.349 e. The SMILES string of the molecule is CC(CNC(=O)c1cnc(Cl)cn1)N1CCCC1. The number of carbonyl (C=O) groups excluding carboxylic acids is 1. The lowest BCUT2D eigenvalue weighted by Gasteiger charge is -2.23. The van der Waals surface area contributed by atoms with Crippen LogP contribution in [0.1, 0.15) is 30.3 Å². The molecule has 1 atom stereocenters. The van der Waals surface area contributed by atoms with Crippen molar-refractivity contribution in [2.24, 2.45) is 0 Å². The molecule has 1 fully saturated rings. The van der Waals surface area contributed by atoms with E-state index in [9.17, 15) is 4.79 Å². The van der Waals surface area contributed by atoms with Crippen LogP contribution in [0.15, 0.2) is 12.4 Å². The number of nitrogens with zero attached hydrogens (tertiary/aromatic N) is 3. The second kappa shape index (κ2) is 6.11. The summed E-state index contributed by atoms with van der Waals surface area (Å²) in [4.78, 5) is 22.0. The van der Waals surface area contributed by atoms with E-state index in [4.69, 9.17) is 11.6 Å². The van der Waals surface area contributed by atoms with Crippen molar-refractivity contribution in [2.45, 2.75) is 25.8 Å². The van der Waals surface area contributed by atoms with Crippen LogP contribution in [0.3, 0.4) is 0 Å². The zero-order valence-corrected chi connectivity index (χ0v) is 11.2. The van der Waals surface area contributed by atoms with E-state index < -0.39 is 0 Å². The van der Waals surface area contributed by atoms with Crippen molar-refractivity contribution < 1.29 is 4.79 Å². The number of aromatic nitrogens is 2. The highest BCUT2D eigenvalue weighted by Gasteiger charge is 2.18. The van der Waals surface area contributed by atoms with Crippen LogP contribution in [0.5, 0.6) is 0 Å². The van der Waals surface area contributed by atoms with E-state index in [1.165, 1.54) is 25.2 Å². The first-order chi connectivity index (χ1) is 8.66. The van der Waals surface area contributed by atoms with E-state index in [-0.39, 0.29) is 11.1 Å². The number of carbonyl (C=O) groups is 1. The van der Waals surface area contributed by atoms with Crippen molar-refractivity contribution in [3.63, 3.8) is 0 Å². The van der Waals surface area contributed by atoms with E-state index in [0.29, 0.717) is 18.3 Å². The Morgan fingerprint density at radius 2 is 2.17 bits per heavy atom. The molecule has 1 saturated heterocycles. The fourth-order valence-corrected chi connectivity index (χ4v) is 2.17. The fraction of sp³-hybridized carbons (Fsp3) is 0.583. The summed E-state index contributed by atoms with van der Waals surface area (Å²) in [6, 6.07) is 0.358. The molecule has 1 aliphatic rings. The number of amides is 1. The molecular formula is C12H17ClN4O. The predicted molar refractivity (Wildman–Crippen MR) is 69.6 cm³/mol. The second-order valence-electron chi connectivity index (χ2n) is 4.53. The minimum Gasteiger partial charge on any atom is -0.349 e. The van der Waals surface area contributed by atoms with Gasteiger partial charge in [0, 0.05) is 12.6 Å². The van der Waals surface area contributed by atoms with Crippen LogP contribution in [0.25, 0.3) is 0 Å². The Labute approximate surface area is 112 Å². The smallest absolute Gasteiger partial charge is 0.271 e. The molecule has 1 aromatic heterocycles. The predicted octanol–water partition coefficient (Wildman–Crippen LogP) is 1.34. The van der Waals surface area contributed by atoms with E-state index in [1.807, 2.05) is 0 Å². The molecule has 1 unspecified atom stereocenters. The number of nitrogens with one attached hydrogen (secondary N) is 1. The molecule has 0 spiro atoms. The summed E-state index contributed by atoms with van der Waals surface area (Å²) in [7, 11) is 0. The molecule has 0 aliphatic carbocycles. The summed E-state index contributed by atoms with van der Waals surface area (Å²) in [6.45, 7) is 5.00. The maximum atomic E-state index is 11.8. The summed E-state index contributed by atoms with van der Waals surface area (Å²) in [5, 5.41) is 3.16. The molecule has 0 bridgehead atoms. The van der Waals surface area contributed by atoms with E-state index in [1.54, 1.807) is 0 Å². The van der Waals surface area contributed by atoms with Crippen molar-refractivity contribution in [1.82, 2.24) is 20.2 Å². The lowest BCUT2D eigenvalue weighted by atomic mass is 10.3. The number of hydrogen-bond acceptors (Lipinski definition) is 4. The van der Waals surface area contributed by atoms with Gasteiger partial charge < -0.3 is 5.32 Å². The van der Waals surface area contributed by atoms with Gasteiger partial charge in [-0.25, -0.2) is 9.97 Å². The monoisotopic (exact) mass is 268 g/mol. The number of halogens is 1. The van der Waals surface area contributed by atoms with Gasteiger partial charge in [-0.1, -0.05) is 11.6 Å². The van der Waals surface area contributed by atoms with Crippen LogP contribution in [-0.4, -0.2) is 46.5 Å². The van der Waals surface area contributed by atoms with Gasteiger partial charge in [-0.15, -0.1) is 0 Å². The molecule has 98 valence electrons. The third kappa shape index (κ3) is 3.40. The lowest BCUT2D eigenvalue weighted by molar-refractivity contribution is 0.0935. The summed E-state index contributed by atoms with van der Waals surface area (Å²) in [5.41, 5.74) is 0.299. The molecule has 1 aromatic rings. The Bertz CT molecular complexity index is 403. The lowest BCUT2D eigenvalue weighted by Crippen LogP contribution is -2.40. The maximum Gasteiger partial charge on any atom is 0.271 e. The molecule has 2 rings (SSSR count). The van der Waals surface area contributed by atoms with Crippen molar-refractivity contribution in [1.29, 1.82) is 0 Å². The summed E-state index contributed by atoms with van der Waals surface area (Å²) < 4.78 is 0. The summed E-state index contributed by atoms with van der Waals surface area (Å²) in [5.74, 6) is -0.204. The zero-order valence-electron chi connectivity index (χ0n) is 10.4. The number of rotatable bonds is 4. The standard InChI is InChI=1S/C12H17ClN4O/c1-9(17-4-2-3-5-17)6-16-12(18)10-7-15-11(13)8-14-10/h7-9H,2-6H2,1H3,(H,16,18). The van der Waals surface area contributed by atoms with E-state index in [2.05, 4.69) is 27.1 Å². The van der Waals surface area contributed by atoms with E-state index in [0.717, 1.165) is 13.1 Å². The molecule has 1 aliphatic heterocycles. The Balaban J connectivity index is 1.82. The van der Waals surface area contributed by atoms with Crippen LogP contribution in [0.2, 0.25) is 5.15 Å². The van der Waals surface area contributed by atoms with Crippen LogP contribution in [0.4, 0.5) is 0 Å². The highest BCUT2D eigenvalue weighted by Crippen LogP contribution is 2.10. The topological polar surface area (TPSA) is 58.1 Å². The van der Waals surface area contributed by atoms with Gasteiger partial charge in [-0.05, 0) is 32.9 Å². The molecule has 0 aromatic carbocycles. The molecule has 5 nitrogen and oxygen atoms in total. The first kappa shape index (κ1) is 13.2. The molecule has 0 saturated carbocycles.